The third-order valence-electron chi connectivity index (χ3n) is 3.78. The van der Waals surface area contributed by atoms with Crippen LogP contribution >= 0.6 is 23.2 Å². The van der Waals surface area contributed by atoms with Gasteiger partial charge in [0, 0.05) is 12.1 Å². The molecule has 0 amide bonds. The molecule has 3 heteroatoms. The van der Waals surface area contributed by atoms with E-state index in [1.54, 1.807) is 0 Å². The summed E-state index contributed by atoms with van der Waals surface area (Å²) in [4.78, 5) is 0. The van der Waals surface area contributed by atoms with Gasteiger partial charge in [-0.3, -0.25) is 0 Å². The summed E-state index contributed by atoms with van der Waals surface area (Å²) in [5.74, 6) is 0. The monoisotopic (exact) mass is 321 g/mol. The minimum Gasteiger partial charge on any atom is -0.303 e. The molecule has 1 N–H and O–H groups in total. The summed E-state index contributed by atoms with van der Waals surface area (Å²) >= 11 is 12.1. The van der Waals surface area contributed by atoms with Crippen LogP contribution in [0.15, 0.2) is 42.5 Å². The Morgan fingerprint density at radius 1 is 0.952 bits per heavy atom. The molecule has 112 valence electrons. The number of rotatable bonds is 5. The van der Waals surface area contributed by atoms with Crippen LogP contribution in [0.3, 0.4) is 0 Å². The zero-order valence-corrected chi connectivity index (χ0v) is 14.2. The maximum Gasteiger partial charge on any atom is 0.0595 e. The van der Waals surface area contributed by atoms with Crippen molar-refractivity contribution in [3.8, 4) is 0 Å². The summed E-state index contributed by atoms with van der Waals surface area (Å²) in [5.41, 5.74) is 3.75. The Morgan fingerprint density at radius 2 is 1.57 bits per heavy atom. The number of halogens is 2. The Kier molecular flexibility index (Phi) is 5.69. The first-order valence-electron chi connectivity index (χ1n) is 7.28. The average molecular weight is 322 g/mol. The van der Waals surface area contributed by atoms with Gasteiger partial charge in [0.15, 0.2) is 0 Å². The lowest BCUT2D eigenvalue weighted by molar-refractivity contribution is 0.456. The lowest BCUT2D eigenvalue weighted by atomic mass is 10.0. The Balaban J connectivity index is 2.13. The van der Waals surface area contributed by atoms with E-state index in [9.17, 15) is 0 Å². The van der Waals surface area contributed by atoms with E-state index >= 15 is 0 Å². The molecule has 2 atom stereocenters. The largest absolute Gasteiger partial charge is 0.303 e. The Bertz CT molecular complexity index is 593. The van der Waals surface area contributed by atoms with Crippen molar-refractivity contribution in [2.75, 3.05) is 0 Å². The van der Waals surface area contributed by atoms with Crippen LogP contribution in [0.5, 0.6) is 0 Å². The van der Waals surface area contributed by atoms with Crippen molar-refractivity contribution in [2.24, 2.45) is 0 Å². The van der Waals surface area contributed by atoms with Gasteiger partial charge in [-0.25, -0.2) is 0 Å². The topological polar surface area (TPSA) is 12.0 Å². The van der Waals surface area contributed by atoms with E-state index in [1.165, 1.54) is 11.1 Å². The molecule has 0 saturated heterocycles. The highest BCUT2D eigenvalue weighted by Gasteiger charge is 2.14. The van der Waals surface area contributed by atoms with Gasteiger partial charge < -0.3 is 5.32 Å². The zero-order valence-electron chi connectivity index (χ0n) is 12.7. The standard InChI is InChI=1S/C18H21Cl2N/c1-4-18(14-7-5-12(2)6-8-14)21-13(3)15-9-10-16(19)17(20)11-15/h5-11,13,18,21H,4H2,1-3H3. The summed E-state index contributed by atoms with van der Waals surface area (Å²) in [7, 11) is 0. The molecular formula is C18H21Cl2N. The molecule has 2 aromatic rings. The van der Waals surface area contributed by atoms with E-state index in [0.717, 1.165) is 12.0 Å². The molecule has 0 fully saturated rings. The number of hydrogen-bond donors (Lipinski definition) is 1. The summed E-state index contributed by atoms with van der Waals surface area (Å²) in [6.07, 6.45) is 1.04. The number of benzene rings is 2. The SMILES string of the molecule is CCC(NC(C)c1ccc(Cl)c(Cl)c1)c1ccc(C)cc1. The Labute approximate surface area is 137 Å². The number of nitrogens with one attached hydrogen (secondary N) is 1. The highest BCUT2D eigenvalue weighted by atomic mass is 35.5. The van der Waals surface area contributed by atoms with Gasteiger partial charge in [0.1, 0.15) is 0 Å². The van der Waals surface area contributed by atoms with Crippen molar-refractivity contribution in [3.63, 3.8) is 0 Å². The minimum atomic E-state index is 0.214. The quantitative estimate of drug-likeness (QED) is 0.701. The predicted molar refractivity (Wildman–Crippen MR) is 92.2 cm³/mol. The molecule has 2 rings (SSSR count). The molecular weight excluding hydrogens is 301 g/mol. The van der Waals surface area contributed by atoms with E-state index in [-0.39, 0.29) is 6.04 Å². The molecule has 0 spiro atoms. The van der Waals surface area contributed by atoms with Crippen molar-refractivity contribution in [2.45, 2.75) is 39.3 Å². The molecule has 2 aromatic carbocycles. The van der Waals surface area contributed by atoms with Gasteiger partial charge in [0.05, 0.1) is 10.0 Å². The van der Waals surface area contributed by atoms with Crippen LogP contribution in [-0.2, 0) is 0 Å². The fourth-order valence-corrected chi connectivity index (χ4v) is 2.73. The smallest absolute Gasteiger partial charge is 0.0595 e. The highest BCUT2D eigenvalue weighted by molar-refractivity contribution is 6.42. The first kappa shape index (κ1) is 16.4. The second-order valence-electron chi connectivity index (χ2n) is 5.43. The van der Waals surface area contributed by atoms with Gasteiger partial charge in [-0.1, -0.05) is 66.0 Å². The van der Waals surface area contributed by atoms with Crippen molar-refractivity contribution >= 4 is 23.2 Å². The van der Waals surface area contributed by atoms with Crippen molar-refractivity contribution < 1.29 is 0 Å². The second kappa shape index (κ2) is 7.31. The molecule has 2 unspecified atom stereocenters. The molecule has 0 saturated carbocycles. The molecule has 21 heavy (non-hydrogen) atoms. The normalized spacial score (nSPS) is 14.0. The van der Waals surface area contributed by atoms with Gasteiger partial charge in [-0.15, -0.1) is 0 Å². The van der Waals surface area contributed by atoms with Gasteiger partial charge in [0.25, 0.3) is 0 Å². The first-order chi connectivity index (χ1) is 10.0. The third kappa shape index (κ3) is 4.23. The van der Waals surface area contributed by atoms with E-state index in [0.29, 0.717) is 16.1 Å². The first-order valence-corrected chi connectivity index (χ1v) is 8.04. The maximum absolute atomic E-state index is 6.10. The van der Waals surface area contributed by atoms with E-state index in [4.69, 9.17) is 23.2 Å². The fourth-order valence-electron chi connectivity index (χ4n) is 2.43. The van der Waals surface area contributed by atoms with Crippen LogP contribution in [0.4, 0.5) is 0 Å². The lowest BCUT2D eigenvalue weighted by Gasteiger charge is -2.23. The van der Waals surface area contributed by atoms with Gasteiger partial charge in [0.2, 0.25) is 0 Å². The summed E-state index contributed by atoms with van der Waals surface area (Å²) in [5, 5.41) is 4.86. The lowest BCUT2D eigenvalue weighted by Crippen LogP contribution is -2.24. The maximum atomic E-state index is 6.10. The zero-order chi connectivity index (χ0) is 15.4. The van der Waals surface area contributed by atoms with Gasteiger partial charge in [-0.05, 0) is 43.5 Å². The van der Waals surface area contributed by atoms with E-state index in [1.807, 2.05) is 18.2 Å². The Hall–Kier alpha value is -1.02. The predicted octanol–water partition coefficient (Wildman–Crippen LogP) is 6.10. The molecule has 0 aromatic heterocycles. The third-order valence-corrected chi connectivity index (χ3v) is 4.52. The average Bonchev–Trinajstić information content (AvgIpc) is 2.48. The van der Waals surface area contributed by atoms with Crippen LogP contribution in [-0.4, -0.2) is 0 Å². The van der Waals surface area contributed by atoms with Crippen LogP contribution in [0.25, 0.3) is 0 Å². The van der Waals surface area contributed by atoms with Crippen LogP contribution in [0.1, 0.15) is 49.0 Å². The number of hydrogen-bond acceptors (Lipinski definition) is 1. The Morgan fingerprint density at radius 3 is 2.14 bits per heavy atom. The van der Waals surface area contributed by atoms with Crippen molar-refractivity contribution in [1.29, 1.82) is 0 Å². The van der Waals surface area contributed by atoms with Crippen LogP contribution in [0.2, 0.25) is 10.0 Å². The van der Waals surface area contributed by atoms with Gasteiger partial charge in [-0.2, -0.15) is 0 Å². The molecule has 0 aliphatic carbocycles. The van der Waals surface area contributed by atoms with Crippen molar-refractivity contribution in [1.82, 2.24) is 5.32 Å². The molecule has 1 nitrogen and oxygen atoms in total. The minimum absolute atomic E-state index is 0.214. The van der Waals surface area contributed by atoms with E-state index < -0.39 is 0 Å². The van der Waals surface area contributed by atoms with Crippen molar-refractivity contribution in [3.05, 3.63) is 69.2 Å². The van der Waals surface area contributed by atoms with E-state index in [2.05, 4.69) is 50.4 Å². The molecule has 0 radical (unpaired) electrons. The second-order valence-corrected chi connectivity index (χ2v) is 6.25. The van der Waals surface area contributed by atoms with Gasteiger partial charge >= 0.3 is 0 Å². The summed E-state index contributed by atoms with van der Waals surface area (Å²) in [6, 6.07) is 15.0. The molecule has 0 aliphatic heterocycles. The molecule has 0 heterocycles. The van der Waals surface area contributed by atoms with Crippen LogP contribution in [0, 0.1) is 6.92 Å². The summed E-state index contributed by atoms with van der Waals surface area (Å²) in [6.45, 7) is 6.45. The molecule has 0 aliphatic rings. The molecule has 0 bridgehead atoms. The summed E-state index contributed by atoms with van der Waals surface area (Å²) < 4.78 is 0. The fraction of sp³-hybridized carbons (Fsp3) is 0.333. The van der Waals surface area contributed by atoms with Crippen LogP contribution < -0.4 is 5.32 Å². The highest BCUT2D eigenvalue weighted by Crippen LogP contribution is 2.27. The number of aryl methyl sites for hydroxylation is 1.